The zero-order chi connectivity index (χ0) is 11.5. The highest BCUT2D eigenvalue weighted by atomic mass is 32.1. The van der Waals surface area contributed by atoms with Crippen molar-refractivity contribution in [2.24, 2.45) is 0 Å². The molecule has 84 valence electrons. The van der Waals surface area contributed by atoms with Crippen LogP contribution in [-0.4, -0.2) is 16.8 Å². The number of aliphatic hydroxyl groups is 1. The van der Waals surface area contributed by atoms with Crippen molar-refractivity contribution in [2.45, 2.75) is 33.0 Å². The SMILES string of the molecule is CC(C)(C)OC(=O)Nc1ccc(CO)s1. The molecule has 0 aliphatic carbocycles. The van der Waals surface area contributed by atoms with Crippen molar-refractivity contribution < 1.29 is 14.6 Å². The molecule has 0 fully saturated rings. The molecule has 2 N–H and O–H groups in total. The lowest BCUT2D eigenvalue weighted by Gasteiger charge is -2.19. The van der Waals surface area contributed by atoms with E-state index in [9.17, 15) is 4.79 Å². The predicted octanol–water partition coefficient (Wildman–Crippen LogP) is 2.59. The number of carbonyl (C=O) groups is 1. The molecular weight excluding hydrogens is 214 g/mol. The number of aliphatic hydroxyl groups excluding tert-OH is 1. The van der Waals surface area contributed by atoms with Crippen LogP contribution in [-0.2, 0) is 11.3 Å². The number of nitrogens with one attached hydrogen (secondary N) is 1. The minimum Gasteiger partial charge on any atom is -0.444 e. The van der Waals surface area contributed by atoms with Gasteiger partial charge in [0, 0.05) is 4.88 Å². The van der Waals surface area contributed by atoms with Gasteiger partial charge < -0.3 is 9.84 Å². The number of anilines is 1. The normalized spacial score (nSPS) is 11.2. The van der Waals surface area contributed by atoms with E-state index < -0.39 is 11.7 Å². The first-order valence-corrected chi connectivity index (χ1v) is 5.42. The fourth-order valence-electron chi connectivity index (χ4n) is 0.934. The zero-order valence-corrected chi connectivity index (χ0v) is 9.85. The van der Waals surface area contributed by atoms with Gasteiger partial charge >= 0.3 is 6.09 Å². The highest BCUT2D eigenvalue weighted by Gasteiger charge is 2.16. The van der Waals surface area contributed by atoms with Gasteiger partial charge in [0.25, 0.3) is 0 Å². The van der Waals surface area contributed by atoms with Crippen LogP contribution >= 0.6 is 11.3 Å². The van der Waals surface area contributed by atoms with Crippen LogP contribution < -0.4 is 5.32 Å². The van der Waals surface area contributed by atoms with Crippen molar-refractivity contribution in [1.29, 1.82) is 0 Å². The maximum Gasteiger partial charge on any atom is 0.412 e. The fraction of sp³-hybridized carbons (Fsp3) is 0.500. The highest BCUT2D eigenvalue weighted by molar-refractivity contribution is 7.16. The van der Waals surface area contributed by atoms with Crippen LogP contribution in [0.1, 0.15) is 25.6 Å². The molecular formula is C10H15NO3S. The summed E-state index contributed by atoms with van der Waals surface area (Å²) in [5, 5.41) is 12.1. The number of amides is 1. The molecule has 0 aromatic carbocycles. The predicted molar refractivity (Wildman–Crippen MR) is 60.1 cm³/mol. The molecule has 1 aromatic heterocycles. The molecule has 0 saturated carbocycles. The van der Waals surface area contributed by atoms with Gasteiger partial charge in [0.15, 0.2) is 0 Å². The van der Waals surface area contributed by atoms with E-state index in [4.69, 9.17) is 9.84 Å². The smallest absolute Gasteiger partial charge is 0.412 e. The van der Waals surface area contributed by atoms with Crippen molar-refractivity contribution in [3.05, 3.63) is 17.0 Å². The average molecular weight is 229 g/mol. The number of thiophene rings is 1. The summed E-state index contributed by atoms with van der Waals surface area (Å²) in [5.74, 6) is 0. The minimum absolute atomic E-state index is 0.0132. The number of hydrogen-bond donors (Lipinski definition) is 2. The lowest BCUT2D eigenvalue weighted by molar-refractivity contribution is 0.0636. The second-order valence-corrected chi connectivity index (χ2v) is 5.22. The van der Waals surface area contributed by atoms with Gasteiger partial charge in [-0.1, -0.05) is 0 Å². The monoisotopic (exact) mass is 229 g/mol. The van der Waals surface area contributed by atoms with Crippen LogP contribution in [0.3, 0.4) is 0 Å². The largest absolute Gasteiger partial charge is 0.444 e. The Kier molecular flexibility index (Phi) is 3.71. The molecule has 1 heterocycles. The summed E-state index contributed by atoms with van der Waals surface area (Å²) in [6.07, 6.45) is -0.478. The maximum absolute atomic E-state index is 11.3. The van der Waals surface area contributed by atoms with Crippen LogP contribution in [0.15, 0.2) is 12.1 Å². The third-order valence-corrected chi connectivity index (χ3v) is 2.43. The van der Waals surface area contributed by atoms with Gasteiger partial charge in [-0.2, -0.15) is 0 Å². The zero-order valence-electron chi connectivity index (χ0n) is 9.03. The molecule has 0 atom stereocenters. The Labute approximate surface area is 92.9 Å². The van der Waals surface area contributed by atoms with E-state index in [2.05, 4.69) is 5.32 Å². The summed E-state index contributed by atoms with van der Waals surface area (Å²) in [4.78, 5) is 12.1. The van der Waals surface area contributed by atoms with Crippen molar-refractivity contribution >= 4 is 22.4 Å². The molecule has 0 radical (unpaired) electrons. The Balaban J connectivity index is 2.51. The molecule has 4 nitrogen and oxygen atoms in total. The van der Waals surface area contributed by atoms with Gasteiger partial charge in [-0.15, -0.1) is 11.3 Å². The molecule has 15 heavy (non-hydrogen) atoms. The summed E-state index contributed by atoms with van der Waals surface area (Å²) in [7, 11) is 0. The lowest BCUT2D eigenvalue weighted by atomic mass is 10.2. The molecule has 0 bridgehead atoms. The summed E-state index contributed by atoms with van der Waals surface area (Å²) in [6, 6.07) is 3.50. The van der Waals surface area contributed by atoms with E-state index in [0.717, 1.165) is 4.88 Å². The molecule has 0 unspecified atom stereocenters. The topological polar surface area (TPSA) is 58.6 Å². The third kappa shape index (κ3) is 4.31. The summed E-state index contributed by atoms with van der Waals surface area (Å²) in [6.45, 7) is 5.40. The first kappa shape index (κ1) is 12.0. The Morgan fingerprint density at radius 1 is 1.53 bits per heavy atom. The van der Waals surface area contributed by atoms with E-state index in [0.29, 0.717) is 5.00 Å². The molecule has 0 aliphatic heterocycles. The lowest BCUT2D eigenvalue weighted by Crippen LogP contribution is -2.26. The number of ether oxygens (including phenoxy) is 1. The second-order valence-electron chi connectivity index (χ2n) is 4.05. The first-order chi connectivity index (χ1) is 6.90. The van der Waals surface area contributed by atoms with Gasteiger partial charge in [-0.25, -0.2) is 4.79 Å². The molecule has 0 spiro atoms. The fourth-order valence-corrected chi connectivity index (χ4v) is 1.69. The van der Waals surface area contributed by atoms with Crippen LogP contribution in [0.5, 0.6) is 0 Å². The van der Waals surface area contributed by atoms with E-state index in [1.54, 1.807) is 32.9 Å². The maximum atomic E-state index is 11.3. The van der Waals surface area contributed by atoms with Crippen molar-refractivity contribution in [1.82, 2.24) is 0 Å². The average Bonchev–Trinajstić information content (AvgIpc) is 2.48. The quantitative estimate of drug-likeness (QED) is 0.819. The molecule has 1 aromatic rings. The number of carbonyl (C=O) groups excluding carboxylic acids is 1. The van der Waals surface area contributed by atoms with E-state index in [-0.39, 0.29) is 6.61 Å². The van der Waals surface area contributed by atoms with Gasteiger partial charge in [0.05, 0.1) is 11.6 Å². The Morgan fingerprint density at radius 2 is 2.20 bits per heavy atom. The van der Waals surface area contributed by atoms with Crippen molar-refractivity contribution in [2.75, 3.05) is 5.32 Å². The molecule has 0 aliphatic rings. The van der Waals surface area contributed by atoms with Crippen LogP contribution in [0.4, 0.5) is 9.80 Å². The van der Waals surface area contributed by atoms with Gasteiger partial charge in [-0.3, -0.25) is 5.32 Å². The number of rotatable bonds is 2. The van der Waals surface area contributed by atoms with E-state index >= 15 is 0 Å². The summed E-state index contributed by atoms with van der Waals surface area (Å²) < 4.78 is 5.08. The highest BCUT2D eigenvalue weighted by Crippen LogP contribution is 2.22. The van der Waals surface area contributed by atoms with Gasteiger partial charge in [0.2, 0.25) is 0 Å². The third-order valence-electron chi connectivity index (χ3n) is 1.44. The van der Waals surface area contributed by atoms with E-state index in [1.165, 1.54) is 11.3 Å². The summed E-state index contributed by atoms with van der Waals surface area (Å²) >= 11 is 1.33. The van der Waals surface area contributed by atoms with Gasteiger partial charge in [0.1, 0.15) is 5.60 Å². The van der Waals surface area contributed by atoms with Crippen LogP contribution in [0.25, 0.3) is 0 Å². The van der Waals surface area contributed by atoms with E-state index in [1.807, 2.05) is 0 Å². The standard InChI is InChI=1S/C10H15NO3S/c1-10(2,3)14-9(13)11-8-5-4-7(6-12)15-8/h4-5,12H,6H2,1-3H3,(H,11,13). The summed E-state index contributed by atoms with van der Waals surface area (Å²) in [5.41, 5.74) is -0.499. The molecule has 5 heteroatoms. The molecule has 0 saturated heterocycles. The molecule has 1 amide bonds. The Bertz CT molecular complexity index is 341. The second kappa shape index (κ2) is 4.63. The van der Waals surface area contributed by atoms with Gasteiger partial charge in [-0.05, 0) is 32.9 Å². The Morgan fingerprint density at radius 3 is 2.67 bits per heavy atom. The van der Waals surface area contributed by atoms with Crippen LogP contribution in [0, 0.1) is 0 Å². The minimum atomic E-state index is -0.499. The van der Waals surface area contributed by atoms with Crippen molar-refractivity contribution in [3.8, 4) is 0 Å². The number of hydrogen-bond acceptors (Lipinski definition) is 4. The molecule has 1 rings (SSSR count). The Hall–Kier alpha value is -1.07. The van der Waals surface area contributed by atoms with Crippen molar-refractivity contribution in [3.63, 3.8) is 0 Å². The first-order valence-electron chi connectivity index (χ1n) is 4.60. The van der Waals surface area contributed by atoms with Crippen LogP contribution in [0.2, 0.25) is 0 Å².